The Balaban J connectivity index is 3.71. The Labute approximate surface area is 439 Å². The van der Waals surface area contributed by atoms with Gasteiger partial charge in [0.1, 0.15) is 19.8 Å². The quantitative estimate of drug-likeness (QED) is 0.0211. The van der Waals surface area contributed by atoms with E-state index in [0.717, 1.165) is 64.2 Å². The maximum absolute atomic E-state index is 12.7. The lowest BCUT2D eigenvalue weighted by atomic mass is 10.0. The van der Waals surface area contributed by atoms with E-state index < -0.39 is 26.5 Å². The maximum Gasteiger partial charge on any atom is 0.472 e. The molecule has 0 saturated carbocycles. The summed E-state index contributed by atoms with van der Waals surface area (Å²) in [5, 5.41) is 0. The van der Waals surface area contributed by atoms with Gasteiger partial charge in [0.2, 0.25) is 0 Å². The second-order valence-electron chi connectivity index (χ2n) is 21.4. The number of carbonyl (C=O) groups is 2. The molecule has 71 heavy (non-hydrogen) atoms. The molecule has 0 heterocycles. The standard InChI is InChI=1S/C61H114NO8P/c1-6-8-10-12-14-15-16-17-18-19-20-21-22-23-24-25-26-27-28-29-30-31-32-33-34-35-36-37-38-39-40-41-42-43-44-45-46-47-48-50-52-54-61(64)70-59(57-67-60(63)53-51-49-13-11-9-7-2)58-69-71(65,66)68-56-55-62(3,4)5/h8,10,14-15,17-18,20-21,59H,6-7,9,11-13,16,19,22-58H2,1-5H3/p+1/b10-8-,15-14-,18-17-,21-20-. The topological polar surface area (TPSA) is 108 Å². The molecule has 416 valence electrons. The lowest BCUT2D eigenvalue weighted by Gasteiger charge is -2.24. The molecule has 2 unspecified atom stereocenters. The minimum atomic E-state index is -4.37. The van der Waals surface area contributed by atoms with Crippen LogP contribution in [0.25, 0.3) is 0 Å². The van der Waals surface area contributed by atoms with Crippen molar-refractivity contribution in [3.8, 4) is 0 Å². The van der Waals surface area contributed by atoms with Gasteiger partial charge >= 0.3 is 19.8 Å². The summed E-state index contributed by atoms with van der Waals surface area (Å²) < 4.78 is 34.3. The zero-order chi connectivity index (χ0) is 52.0. The number of quaternary nitrogens is 1. The normalized spacial score (nSPS) is 13.6. The Hall–Kier alpha value is -2.03. The molecule has 0 aromatic heterocycles. The highest BCUT2D eigenvalue weighted by molar-refractivity contribution is 7.47. The summed E-state index contributed by atoms with van der Waals surface area (Å²) in [7, 11) is 1.49. The number of esters is 2. The molecule has 0 saturated heterocycles. The number of unbranched alkanes of at least 4 members (excludes halogenated alkanes) is 33. The molecular weight excluding hydrogens is 906 g/mol. The molecule has 0 rings (SSSR count). The first-order chi connectivity index (χ1) is 34.5. The van der Waals surface area contributed by atoms with E-state index in [1.165, 1.54) is 180 Å². The molecule has 0 aromatic carbocycles. The van der Waals surface area contributed by atoms with Crippen molar-refractivity contribution < 1.29 is 42.1 Å². The van der Waals surface area contributed by atoms with Gasteiger partial charge in [-0.25, -0.2) is 4.57 Å². The van der Waals surface area contributed by atoms with E-state index in [1.54, 1.807) is 0 Å². The molecule has 0 amide bonds. The molecule has 2 atom stereocenters. The molecule has 0 spiro atoms. The minimum absolute atomic E-state index is 0.0344. The van der Waals surface area contributed by atoms with Crippen LogP contribution in [0.4, 0.5) is 0 Å². The fraction of sp³-hybridized carbons (Fsp3) is 0.836. The Morgan fingerprint density at radius 3 is 1.20 bits per heavy atom. The van der Waals surface area contributed by atoms with Gasteiger partial charge in [0.05, 0.1) is 27.7 Å². The van der Waals surface area contributed by atoms with E-state index in [9.17, 15) is 19.0 Å². The van der Waals surface area contributed by atoms with Crippen LogP contribution in [0.5, 0.6) is 0 Å². The average molecular weight is 1020 g/mol. The summed E-state index contributed by atoms with van der Waals surface area (Å²) in [6, 6.07) is 0. The third-order valence-electron chi connectivity index (χ3n) is 13.1. The number of phosphoric ester groups is 1. The van der Waals surface area contributed by atoms with Crippen molar-refractivity contribution in [1.29, 1.82) is 0 Å². The Kier molecular flexibility index (Phi) is 51.3. The molecule has 0 fully saturated rings. The highest BCUT2D eigenvalue weighted by atomic mass is 31.2. The van der Waals surface area contributed by atoms with Gasteiger partial charge in [0.25, 0.3) is 0 Å². The van der Waals surface area contributed by atoms with Gasteiger partial charge in [-0.3, -0.25) is 18.6 Å². The molecule has 0 aliphatic carbocycles. The predicted molar refractivity (Wildman–Crippen MR) is 303 cm³/mol. The molecule has 0 radical (unpaired) electrons. The number of likely N-dealkylation sites (N-methyl/N-ethyl adjacent to an activating group) is 1. The summed E-state index contributed by atoms with van der Waals surface area (Å²) in [5.41, 5.74) is 0. The van der Waals surface area contributed by atoms with Crippen molar-refractivity contribution in [3.05, 3.63) is 48.6 Å². The molecule has 0 aromatic rings. The first kappa shape index (κ1) is 69.0. The van der Waals surface area contributed by atoms with Crippen molar-refractivity contribution in [2.45, 2.75) is 283 Å². The van der Waals surface area contributed by atoms with Crippen molar-refractivity contribution in [3.63, 3.8) is 0 Å². The molecule has 1 N–H and O–H groups in total. The van der Waals surface area contributed by atoms with Crippen LogP contribution in [0, 0.1) is 0 Å². The third kappa shape index (κ3) is 57.1. The third-order valence-corrected chi connectivity index (χ3v) is 14.1. The number of nitrogens with zero attached hydrogens (tertiary/aromatic N) is 1. The first-order valence-corrected chi connectivity index (χ1v) is 31.4. The van der Waals surface area contributed by atoms with Gasteiger partial charge < -0.3 is 18.9 Å². The van der Waals surface area contributed by atoms with Gasteiger partial charge in [-0.05, 0) is 51.4 Å². The van der Waals surface area contributed by atoms with Gasteiger partial charge in [-0.1, -0.05) is 262 Å². The van der Waals surface area contributed by atoms with Crippen molar-refractivity contribution in [1.82, 2.24) is 0 Å². The zero-order valence-corrected chi connectivity index (χ0v) is 48.1. The van der Waals surface area contributed by atoms with Crippen molar-refractivity contribution in [2.75, 3.05) is 47.5 Å². The Bertz CT molecular complexity index is 1340. The van der Waals surface area contributed by atoms with E-state index >= 15 is 0 Å². The second kappa shape index (κ2) is 52.8. The van der Waals surface area contributed by atoms with E-state index in [-0.39, 0.29) is 32.0 Å². The lowest BCUT2D eigenvalue weighted by Crippen LogP contribution is -2.37. The molecular formula is C61H115NO8P+. The monoisotopic (exact) mass is 1020 g/mol. The molecule has 9 nitrogen and oxygen atoms in total. The van der Waals surface area contributed by atoms with Crippen LogP contribution >= 0.6 is 7.82 Å². The fourth-order valence-electron chi connectivity index (χ4n) is 8.54. The predicted octanol–water partition coefficient (Wildman–Crippen LogP) is 18.5. The van der Waals surface area contributed by atoms with E-state index in [0.29, 0.717) is 17.4 Å². The van der Waals surface area contributed by atoms with Crippen LogP contribution in [0.3, 0.4) is 0 Å². The van der Waals surface area contributed by atoms with Crippen LogP contribution < -0.4 is 0 Å². The average Bonchev–Trinajstić information content (AvgIpc) is 3.33. The Morgan fingerprint density at radius 2 is 0.803 bits per heavy atom. The number of phosphoric acid groups is 1. The number of carbonyl (C=O) groups excluding carboxylic acids is 2. The zero-order valence-electron chi connectivity index (χ0n) is 47.2. The largest absolute Gasteiger partial charge is 0.472 e. The van der Waals surface area contributed by atoms with E-state index in [2.05, 4.69) is 62.5 Å². The van der Waals surface area contributed by atoms with Crippen molar-refractivity contribution in [2.24, 2.45) is 0 Å². The Morgan fingerprint density at radius 1 is 0.451 bits per heavy atom. The van der Waals surface area contributed by atoms with Crippen LogP contribution in [0.2, 0.25) is 0 Å². The maximum atomic E-state index is 12.7. The smallest absolute Gasteiger partial charge is 0.462 e. The number of ether oxygens (including phenoxy) is 2. The van der Waals surface area contributed by atoms with Crippen LogP contribution in [-0.2, 0) is 32.7 Å². The van der Waals surface area contributed by atoms with E-state index in [4.69, 9.17) is 18.5 Å². The summed E-state index contributed by atoms with van der Waals surface area (Å²) in [4.78, 5) is 35.3. The molecule has 10 heteroatoms. The summed E-state index contributed by atoms with van der Waals surface area (Å²) in [6.45, 7) is 4.27. The highest BCUT2D eigenvalue weighted by Crippen LogP contribution is 2.43. The number of allylic oxidation sites excluding steroid dienone is 8. The number of hydrogen-bond acceptors (Lipinski definition) is 7. The fourth-order valence-corrected chi connectivity index (χ4v) is 9.28. The van der Waals surface area contributed by atoms with Crippen molar-refractivity contribution >= 4 is 19.8 Å². The number of hydrogen-bond donors (Lipinski definition) is 1. The van der Waals surface area contributed by atoms with Gasteiger partial charge in [-0.15, -0.1) is 0 Å². The van der Waals surface area contributed by atoms with Crippen LogP contribution in [-0.4, -0.2) is 74.9 Å². The number of rotatable bonds is 55. The van der Waals surface area contributed by atoms with Gasteiger partial charge in [-0.2, -0.15) is 0 Å². The molecule has 0 bridgehead atoms. The van der Waals surface area contributed by atoms with Crippen LogP contribution in [0.1, 0.15) is 277 Å². The van der Waals surface area contributed by atoms with E-state index in [1.807, 2.05) is 21.1 Å². The summed E-state index contributed by atoms with van der Waals surface area (Å²) in [6.07, 6.45) is 67.0. The second-order valence-corrected chi connectivity index (χ2v) is 22.8. The van der Waals surface area contributed by atoms with Gasteiger partial charge in [0.15, 0.2) is 6.10 Å². The highest BCUT2D eigenvalue weighted by Gasteiger charge is 2.27. The minimum Gasteiger partial charge on any atom is -0.462 e. The molecule has 0 aliphatic rings. The summed E-state index contributed by atoms with van der Waals surface area (Å²) >= 11 is 0. The lowest BCUT2D eigenvalue weighted by molar-refractivity contribution is -0.870. The van der Waals surface area contributed by atoms with Crippen LogP contribution in [0.15, 0.2) is 48.6 Å². The molecule has 0 aliphatic heterocycles. The van der Waals surface area contributed by atoms with Gasteiger partial charge in [0, 0.05) is 12.8 Å². The summed E-state index contributed by atoms with van der Waals surface area (Å²) in [5.74, 6) is -0.796. The first-order valence-electron chi connectivity index (χ1n) is 29.9. The SMILES string of the molecule is CC/C=C\C/C=C\C/C=C\C/C=C\CCCCCCCCCCCCCCCCCCCCCCCCCCCCCCC(=O)OC(COC(=O)CCCCCCCC)COP(=O)(O)OCC[N+](C)(C)C.